The van der Waals surface area contributed by atoms with Crippen LogP contribution in [0.3, 0.4) is 0 Å². The first-order valence-electron chi connectivity index (χ1n) is 6.72. The molecule has 0 aliphatic heterocycles. The third kappa shape index (κ3) is 3.34. The van der Waals surface area contributed by atoms with Crippen molar-refractivity contribution in [3.8, 4) is 0 Å². The first-order chi connectivity index (χ1) is 9.12. The third-order valence-corrected chi connectivity index (χ3v) is 3.64. The lowest BCUT2D eigenvalue weighted by atomic mass is 9.66. The van der Waals surface area contributed by atoms with Gasteiger partial charge >= 0.3 is 0 Å². The monoisotopic (exact) mass is 258 g/mol. The van der Waals surface area contributed by atoms with Crippen LogP contribution in [0.5, 0.6) is 0 Å². The molecule has 102 valence electrons. The molecule has 0 atom stereocenters. The summed E-state index contributed by atoms with van der Waals surface area (Å²) in [4.78, 5) is 8.95. The Bertz CT molecular complexity index is 460. The number of guanidine groups is 1. The Morgan fingerprint density at radius 2 is 2.32 bits per heavy atom. The molecule has 0 aromatic carbocycles. The molecule has 1 aromatic heterocycles. The number of aromatic nitrogens is 1. The molecule has 1 aliphatic carbocycles. The lowest BCUT2D eigenvalue weighted by molar-refractivity contribution is 0.246. The van der Waals surface area contributed by atoms with Crippen molar-refractivity contribution < 1.29 is 0 Å². The molecule has 1 aliphatic rings. The summed E-state index contributed by atoms with van der Waals surface area (Å²) in [5.74, 6) is 0.491. The smallest absolute Gasteiger partial charge is 0.188 e. The number of aliphatic imine (C=N–C) groups is 1. The maximum atomic E-state index is 5.86. The van der Waals surface area contributed by atoms with Crippen molar-refractivity contribution in [2.75, 3.05) is 13.1 Å². The van der Waals surface area contributed by atoms with Gasteiger partial charge in [0.15, 0.2) is 5.96 Å². The molecule has 0 radical (unpaired) electrons. The Hall–Kier alpha value is -1.84. The molecule has 4 nitrogen and oxygen atoms in total. The zero-order valence-electron chi connectivity index (χ0n) is 11.5. The highest BCUT2D eigenvalue weighted by atomic mass is 15.1. The van der Waals surface area contributed by atoms with Gasteiger partial charge in [0.2, 0.25) is 0 Å². The van der Waals surface area contributed by atoms with E-state index in [1.807, 2.05) is 25.3 Å². The van der Waals surface area contributed by atoms with E-state index >= 15 is 0 Å². The topological polar surface area (TPSA) is 63.3 Å². The molecule has 1 fully saturated rings. The molecular weight excluding hydrogens is 236 g/mol. The van der Waals surface area contributed by atoms with Crippen LogP contribution in [0.4, 0.5) is 0 Å². The summed E-state index contributed by atoms with van der Waals surface area (Å²) < 4.78 is 0. The van der Waals surface area contributed by atoms with Gasteiger partial charge < -0.3 is 11.1 Å². The maximum Gasteiger partial charge on any atom is 0.188 e. The minimum absolute atomic E-state index is 0.0940. The number of hydrogen-bond acceptors (Lipinski definition) is 2. The van der Waals surface area contributed by atoms with Crippen molar-refractivity contribution >= 4 is 5.96 Å². The largest absolute Gasteiger partial charge is 0.370 e. The van der Waals surface area contributed by atoms with E-state index in [2.05, 4.69) is 27.9 Å². The summed E-state index contributed by atoms with van der Waals surface area (Å²) in [6, 6.07) is 6.07. The first-order valence-corrected chi connectivity index (χ1v) is 6.72. The molecule has 0 spiro atoms. The summed E-state index contributed by atoms with van der Waals surface area (Å²) in [5, 5.41) is 3.06. The van der Waals surface area contributed by atoms with E-state index in [1.165, 1.54) is 6.42 Å². The quantitative estimate of drug-likeness (QED) is 0.482. The summed E-state index contributed by atoms with van der Waals surface area (Å²) in [6.45, 7) is 7.17. The molecule has 1 aromatic rings. The van der Waals surface area contributed by atoms with Gasteiger partial charge in [-0.05, 0) is 31.9 Å². The van der Waals surface area contributed by atoms with Crippen LogP contribution in [0.15, 0.2) is 41.5 Å². The van der Waals surface area contributed by atoms with E-state index in [9.17, 15) is 0 Å². The fraction of sp³-hybridized carbons (Fsp3) is 0.467. The summed E-state index contributed by atoms with van der Waals surface area (Å²) in [7, 11) is 0. The second-order valence-corrected chi connectivity index (χ2v) is 5.36. The zero-order chi connectivity index (χ0) is 13.7. The SMILES string of the molecule is C=C(C)CNC(N)=NCC1(c2ccccn2)CCC1. The molecule has 19 heavy (non-hydrogen) atoms. The van der Waals surface area contributed by atoms with Crippen LogP contribution in [-0.4, -0.2) is 24.0 Å². The summed E-state index contributed by atoms with van der Waals surface area (Å²) in [5.41, 5.74) is 8.14. The van der Waals surface area contributed by atoms with E-state index < -0.39 is 0 Å². The lowest BCUT2D eigenvalue weighted by Gasteiger charge is -2.40. The first kappa shape index (κ1) is 13.6. The normalized spacial score (nSPS) is 17.6. The highest BCUT2D eigenvalue weighted by molar-refractivity contribution is 5.78. The van der Waals surface area contributed by atoms with E-state index in [0.717, 1.165) is 24.1 Å². The molecule has 0 bridgehead atoms. The Kier molecular flexibility index (Phi) is 4.20. The molecule has 2 rings (SSSR count). The second kappa shape index (κ2) is 5.87. The highest BCUT2D eigenvalue weighted by Crippen LogP contribution is 2.42. The Morgan fingerprint density at radius 1 is 1.53 bits per heavy atom. The van der Waals surface area contributed by atoms with Gasteiger partial charge in [0.1, 0.15) is 0 Å². The van der Waals surface area contributed by atoms with Crippen LogP contribution in [0.25, 0.3) is 0 Å². The van der Waals surface area contributed by atoms with Gasteiger partial charge in [0.05, 0.1) is 6.54 Å². The van der Waals surface area contributed by atoms with E-state index in [-0.39, 0.29) is 5.41 Å². The predicted octanol–water partition coefficient (Wildman–Crippen LogP) is 1.98. The highest BCUT2D eigenvalue weighted by Gasteiger charge is 2.39. The van der Waals surface area contributed by atoms with Crippen molar-refractivity contribution in [1.29, 1.82) is 0 Å². The second-order valence-electron chi connectivity index (χ2n) is 5.36. The average molecular weight is 258 g/mol. The van der Waals surface area contributed by atoms with Crippen LogP contribution >= 0.6 is 0 Å². The molecule has 1 heterocycles. The van der Waals surface area contributed by atoms with Gasteiger partial charge in [-0.3, -0.25) is 9.98 Å². The fourth-order valence-electron chi connectivity index (χ4n) is 2.31. The number of nitrogens with one attached hydrogen (secondary N) is 1. The summed E-state index contributed by atoms with van der Waals surface area (Å²) >= 11 is 0. The van der Waals surface area contributed by atoms with Crippen LogP contribution in [0.1, 0.15) is 31.9 Å². The molecular formula is C15H22N4. The van der Waals surface area contributed by atoms with Crippen molar-refractivity contribution in [2.45, 2.75) is 31.6 Å². The van der Waals surface area contributed by atoms with E-state index in [0.29, 0.717) is 19.0 Å². The van der Waals surface area contributed by atoms with Crippen LogP contribution in [-0.2, 0) is 5.41 Å². The van der Waals surface area contributed by atoms with Crippen LogP contribution in [0, 0.1) is 0 Å². The van der Waals surface area contributed by atoms with Gasteiger partial charge in [-0.2, -0.15) is 0 Å². The van der Waals surface area contributed by atoms with Crippen LogP contribution in [0.2, 0.25) is 0 Å². The maximum absolute atomic E-state index is 5.86. The minimum atomic E-state index is 0.0940. The lowest BCUT2D eigenvalue weighted by Crippen LogP contribution is -2.40. The average Bonchev–Trinajstić information content (AvgIpc) is 2.36. The Labute approximate surface area is 114 Å². The van der Waals surface area contributed by atoms with Gasteiger partial charge in [-0.1, -0.05) is 24.6 Å². The number of rotatable bonds is 5. The molecule has 0 saturated heterocycles. The van der Waals surface area contributed by atoms with Gasteiger partial charge in [0.25, 0.3) is 0 Å². The molecule has 0 unspecified atom stereocenters. The Balaban J connectivity index is 2.00. The number of hydrogen-bond donors (Lipinski definition) is 2. The van der Waals surface area contributed by atoms with E-state index in [4.69, 9.17) is 5.73 Å². The number of nitrogens with zero attached hydrogens (tertiary/aromatic N) is 2. The standard InChI is InChI=1S/C15H22N4/c1-12(2)10-18-14(16)19-11-15(7-5-8-15)13-6-3-4-9-17-13/h3-4,6,9H,1,5,7-8,10-11H2,2H3,(H3,16,18,19). The van der Waals surface area contributed by atoms with Crippen molar-refractivity contribution in [1.82, 2.24) is 10.3 Å². The molecule has 4 heteroatoms. The van der Waals surface area contributed by atoms with E-state index in [1.54, 1.807) is 0 Å². The van der Waals surface area contributed by atoms with Crippen molar-refractivity contribution in [3.05, 3.63) is 42.2 Å². The van der Waals surface area contributed by atoms with Crippen LogP contribution < -0.4 is 11.1 Å². The van der Waals surface area contributed by atoms with Gasteiger partial charge in [-0.25, -0.2) is 0 Å². The fourth-order valence-corrected chi connectivity index (χ4v) is 2.31. The van der Waals surface area contributed by atoms with Gasteiger partial charge in [0, 0.05) is 23.9 Å². The van der Waals surface area contributed by atoms with Gasteiger partial charge in [-0.15, -0.1) is 0 Å². The zero-order valence-corrected chi connectivity index (χ0v) is 11.5. The van der Waals surface area contributed by atoms with Crippen molar-refractivity contribution in [2.24, 2.45) is 10.7 Å². The molecule has 0 amide bonds. The predicted molar refractivity (Wildman–Crippen MR) is 79.1 cm³/mol. The van der Waals surface area contributed by atoms with Crippen molar-refractivity contribution in [3.63, 3.8) is 0 Å². The third-order valence-electron chi connectivity index (χ3n) is 3.64. The molecule has 1 saturated carbocycles. The summed E-state index contributed by atoms with van der Waals surface area (Å²) in [6.07, 6.45) is 5.37. The molecule has 3 N–H and O–H groups in total. The number of nitrogens with two attached hydrogens (primary N) is 1. The minimum Gasteiger partial charge on any atom is -0.370 e. The Morgan fingerprint density at radius 3 is 2.84 bits per heavy atom. The number of pyridine rings is 1.